The summed E-state index contributed by atoms with van der Waals surface area (Å²) in [7, 11) is 0. The Morgan fingerprint density at radius 3 is 0.596 bits per heavy atom. The van der Waals surface area contributed by atoms with E-state index in [1.165, 1.54) is 0 Å². The van der Waals surface area contributed by atoms with Crippen LogP contribution in [0, 0.1) is 0 Å². The van der Waals surface area contributed by atoms with Crippen LogP contribution >= 0.6 is 0 Å². The molecule has 52 heavy (non-hydrogen) atoms. The summed E-state index contributed by atoms with van der Waals surface area (Å²) in [4.78, 5) is 33.6. The SMILES string of the molecule is C1=NCCCN2CCCN=Cc3ccc(cc3)C=NCCCN(CCCN=Cc3ccc1cc3)CCCN=Cc1ccc(cc1)C=NCCC2.[Ag+].[Cu+2]. The van der Waals surface area contributed by atoms with Gasteiger partial charge in [0.05, 0.1) is 0 Å². The number of aliphatic imine (C=N–C) groups is 6. The van der Waals surface area contributed by atoms with Crippen LogP contribution in [0.15, 0.2) is 103 Å². The molecule has 0 fully saturated rings. The van der Waals surface area contributed by atoms with E-state index in [1.54, 1.807) is 0 Å². The fourth-order valence-corrected chi connectivity index (χ4v) is 6.01. The molecule has 0 atom stereocenters. The Bertz CT molecular complexity index is 1260. The fourth-order valence-electron chi connectivity index (χ4n) is 6.01. The molecule has 0 saturated carbocycles. The first-order chi connectivity index (χ1) is 24.8. The van der Waals surface area contributed by atoms with E-state index in [-0.39, 0.29) is 39.4 Å². The number of hydrogen-bond acceptors (Lipinski definition) is 8. The molecule has 0 spiro atoms. The Morgan fingerprint density at radius 1 is 0.288 bits per heavy atom. The minimum Gasteiger partial charge on any atom is -0.303 e. The zero-order chi connectivity index (χ0) is 34.3. The van der Waals surface area contributed by atoms with Gasteiger partial charge in [-0.15, -0.1) is 0 Å². The van der Waals surface area contributed by atoms with Gasteiger partial charge in [-0.3, -0.25) is 30.0 Å². The first-order valence-electron chi connectivity index (χ1n) is 18.5. The third-order valence-corrected chi connectivity index (χ3v) is 8.82. The predicted octanol–water partition coefficient (Wildman–Crippen LogP) is 6.57. The van der Waals surface area contributed by atoms with Crippen molar-refractivity contribution in [2.75, 3.05) is 78.5 Å². The normalized spacial score (nSPS) is 20.1. The van der Waals surface area contributed by atoms with Gasteiger partial charge in [0.25, 0.3) is 0 Å². The second kappa shape index (κ2) is 26.6. The molecule has 12 aliphatic rings. The van der Waals surface area contributed by atoms with E-state index in [1.807, 2.05) is 37.3 Å². The Balaban J connectivity index is 0.00000364. The van der Waals surface area contributed by atoms with Gasteiger partial charge in [-0.2, -0.15) is 0 Å². The van der Waals surface area contributed by atoms with Gasteiger partial charge in [0.2, 0.25) is 0 Å². The van der Waals surface area contributed by atoms with E-state index in [2.05, 4.69) is 82.6 Å². The van der Waals surface area contributed by atoms with Gasteiger partial charge in [-0.05, 0) is 111 Å². The van der Waals surface area contributed by atoms with E-state index in [0.29, 0.717) is 0 Å². The number of hydrogen-bond donors (Lipinski definition) is 0. The largest absolute Gasteiger partial charge is 2.00 e. The molecular formula is C42H54AgCuN8+3. The summed E-state index contributed by atoms with van der Waals surface area (Å²) in [6.07, 6.45) is 18.1. The second-order valence-corrected chi connectivity index (χ2v) is 13.0. The van der Waals surface area contributed by atoms with Crippen molar-refractivity contribution in [3.63, 3.8) is 0 Å². The maximum atomic E-state index is 4.74. The average molecular weight is 842 g/mol. The molecule has 12 aliphatic heterocycles. The van der Waals surface area contributed by atoms with Gasteiger partial charge in [0, 0.05) is 76.6 Å². The number of benzene rings is 3. The minimum atomic E-state index is 0. The van der Waals surface area contributed by atoms with Crippen LogP contribution in [-0.4, -0.2) is 126 Å². The third kappa shape index (κ3) is 17.6. The van der Waals surface area contributed by atoms with Crippen LogP contribution in [0.3, 0.4) is 0 Å². The van der Waals surface area contributed by atoms with Crippen LogP contribution in [0.1, 0.15) is 71.9 Å². The van der Waals surface area contributed by atoms with Crippen molar-refractivity contribution >= 4 is 37.3 Å². The zero-order valence-electron chi connectivity index (χ0n) is 30.3. The van der Waals surface area contributed by atoms with E-state index in [9.17, 15) is 0 Å². The third-order valence-electron chi connectivity index (χ3n) is 8.82. The summed E-state index contributed by atoms with van der Waals surface area (Å²) < 4.78 is 0. The molecule has 281 valence electrons. The molecule has 0 aromatic heterocycles. The Kier molecular flexibility index (Phi) is 22.1. The molecule has 3 aromatic rings. The van der Waals surface area contributed by atoms with Crippen LogP contribution in [0.5, 0.6) is 0 Å². The number of nitrogens with zero attached hydrogens (tertiary/aromatic N) is 8. The van der Waals surface area contributed by atoms with Crippen LogP contribution in [-0.2, 0) is 39.4 Å². The molecular weight excluding hydrogens is 788 g/mol. The number of rotatable bonds is 0. The average Bonchev–Trinajstić information content (AvgIpc) is 3.14. The summed E-state index contributed by atoms with van der Waals surface area (Å²) >= 11 is 0. The molecule has 8 nitrogen and oxygen atoms in total. The summed E-state index contributed by atoms with van der Waals surface area (Å²) in [5.74, 6) is 0. The molecule has 0 N–H and O–H groups in total. The molecule has 15 rings (SSSR count). The van der Waals surface area contributed by atoms with E-state index >= 15 is 0 Å². The predicted molar refractivity (Wildman–Crippen MR) is 215 cm³/mol. The second-order valence-electron chi connectivity index (χ2n) is 13.0. The quantitative estimate of drug-likeness (QED) is 0.241. The molecule has 0 unspecified atom stereocenters. The minimum absolute atomic E-state index is 0. The molecule has 8 bridgehead atoms. The van der Waals surface area contributed by atoms with Crippen molar-refractivity contribution in [2.24, 2.45) is 30.0 Å². The Hall–Kier alpha value is -3.14. The smallest absolute Gasteiger partial charge is 0.303 e. The molecule has 1 radical (unpaired) electrons. The Labute approximate surface area is 337 Å². The maximum Gasteiger partial charge on any atom is 2.00 e. The first-order valence-corrected chi connectivity index (χ1v) is 18.5. The van der Waals surface area contributed by atoms with E-state index < -0.39 is 0 Å². The zero-order valence-corrected chi connectivity index (χ0v) is 32.7. The maximum absolute atomic E-state index is 4.74. The summed E-state index contributed by atoms with van der Waals surface area (Å²) in [5, 5.41) is 0. The summed E-state index contributed by atoms with van der Waals surface area (Å²) in [6, 6.07) is 25.6. The monoisotopic (exact) mass is 840 g/mol. The van der Waals surface area contributed by atoms with Gasteiger partial charge in [0.15, 0.2) is 0 Å². The molecule has 0 amide bonds. The van der Waals surface area contributed by atoms with E-state index in [0.717, 1.165) is 150 Å². The van der Waals surface area contributed by atoms with Gasteiger partial charge in [0.1, 0.15) is 0 Å². The fraction of sp³-hybridized carbons (Fsp3) is 0.429. The van der Waals surface area contributed by atoms with Crippen molar-refractivity contribution in [2.45, 2.75) is 38.5 Å². The molecule has 12 heterocycles. The Morgan fingerprint density at radius 2 is 0.442 bits per heavy atom. The first kappa shape index (κ1) is 43.3. The van der Waals surface area contributed by atoms with Gasteiger partial charge in [-0.1, -0.05) is 72.8 Å². The van der Waals surface area contributed by atoms with Crippen LogP contribution in [0.25, 0.3) is 0 Å². The molecule has 10 heteroatoms. The molecule has 0 aliphatic carbocycles. The summed E-state index contributed by atoms with van der Waals surface area (Å²) in [5.41, 5.74) is 6.76. The van der Waals surface area contributed by atoms with Crippen molar-refractivity contribution in [1.29, 1.82) is 0 Å². The van der Waals surface area contributed by atoms with Gasteiger partial charge in [-0.25, -0.2) is 0 Å². The van der Waals surface area contributed by atoms with Crippen LogP contribution in [0.2, 0.25) is 0 Å². The van der Waals surface area contributed by atoms with Crippen molar-refractivity contribution in [3.8, 4) is 0 Å². The van der Waals surface area contributed by atoms with Crippen molar-refractivity contribution in [3.05, 3.63) is 106 Å². The van der Waals surface area contributed by atoms with Crippen LogP contribution < -0.4 is 0 Å². The van der Waals surface area contributed by atoms with Crippen LogP contribution in [0.4, 0.5) is 0 Å². The molecule has 0 saturated heterocycles. The topological polar surface area (TPSA) is 80.6 Å². The summed E-state index contributed by atoms with van der Waals surface area (Å²) in [6.45, 7) is 11.0. The standard InChI is InChI=1S/C42H54N8.Ag.Cu/c1-19-43-31-37-7-9-38(10-8-37)34-46-22-4-28-50-29-5-23-47-35-41-15-11-39(12-16-41)32-44-20-2-26-49(25-1)27-3-21-45-33-40-13-17-42(18-14-40)36-48-24-6-30-50;;/h7-18,31-36H,1-6,19-30H2;;/q;+1;+2. The van der Waals surface area contributed by atoms with Crippen molar-refractivity contribution < 1.29 is 39.4 Å². The van der Waals surface area contributed by atoms with Crippen molar-refractivity contribution in [1.82, 2.24) is 9.80 Å². The van der Waals surface area contributed by atoms with E-state index in [4.69, 9.17) is 30.0 Å². The van der Waals surface area contributed by atoms with Gasteiger partial charge < -0.3 is 9.80 Å². The molecule has 3 aromatic carbocycles. The van der Waals surface area contributed by atoms with Gasteiger partial charge >= 0.3 is 39.4 Å².